The summed E-state index contributed by atoms with van der Waals surface area (Å²) in [6.07, 6.45) is 4.50. The first-order valence-electron chi connectivity index (χ1n) is 3.89. The second-order valence-corrected chi connectivity index (χ2v) is 5.86. The molecule has 0 amide bonds. The van der Waals surface area contributed by atoms with Crippen molar-refractivity contribution in [2.45, 2.75) is 10.6 Å². The van der Waals surface area contributed by atoms with Crippen LogP contribution in [0, 0.1) is 0 Å². The minimum absolute atomic E-state index is 0.183. The van der Waals surface area contributed by atoms with E-state index in [1.54, 1.807) is 6.07 Å². The van der Waals surface area contributed by atoms with Crippen molar-refractivity contribution in [3.05, 3.63) is 23.1 Å². The highest BCUT2D eigenvalue weighted by molar-refractivity contribution is 7.91. The molecule has 2 N–H and O–H groups in total. The summed E-state index contributed by atoms with van der Waals surface area (Å²) in [5.41, 5.74) is 0. The van der Waals surface area contributed by atoms with Gasteiger partial charge in [-0.25, -0.2) is 13.6 Å². The minimum Gasteiger partial charge on any atom is -0.224 e. The SMILES string of the molecule is NS(=O)(=O)c1ccc(C=CCCCl)s1. The van der Waals surface area contributed by atoms with E-state index >= 15 is 0 Å². The zero-order chi connectivity index (χ0) is 10.6. The number of hydrogen-bond acceptors (Lipinski definition) is 3. The van der Waals surface area contributed by atoms with Crippen molar-refractivity contribution in [1.29, 1.82) is 0 Å². The number of hydrogen-bond donors (Lipinski definition) is 1. The topological polar surface area (TPSA) is 60.2 Å². The maximum atomic E-state index is 10.9. The molecule has 0 saturated heterocycles. The molecule has 1 heterocycles. The molecule has 0 atom stereocenters. The summed E-state index contributed by atoms with van der Waals surface area (Å²) in [6.45, 7) is 0. The first-order chi connectivity index (χ1) is 6.54. The van der Waals surface area contributed by atoms with Gasteiger partial charge in [0.1, 0.15) is 4.21 Å². The van der Waals surface area contributed by atoms with Crippen molar-refractivity contribution in [2.24, 2.45) is 5.14 Å². The summed E-state index contributed by atoms with van der Waals surface area (Å²) in [4.78, 5) is 0.860. The Bertz CT molecular complexity index is 422. The first-order valence-corrected chi connectivity index (χ1v) is 6.79. The normalized spacial score (nSPS) is 12.4. The Morgan fingerprint density at radius 3 is 2.71 bits per heavy atom. The van der Waals surface area contributed by atoms with E-state index in [0.29, 0.717) is 5.88 Å². The van der Waals surface area contributed by atoms with Gasteiger partial charge in [0.15, 0.2) is 0 Å². The molecule has 1 aromatic heterocycles. The molecule has 0 radical (unpaired) electrons. The lowest BCUT2D eigenvalue weighted by Crippen LogP contribution is -2.09. The van der Waals surface area contributed by atoms with Gasteiger partial charge in [0.05, 0.1) is 0 Å². The number of allylic oxidation sites excluding steroid dienone is 1. The Balaban J connectivity index is 2.79. The molecular weight excluding hydrogens is 242 g/mol. The van der Waals surface area contributed by atoms with Crippen molar-refractivity contribution in [3.63, 3.8) is 0 Å². The fourth-order valence-electron chi connectivity index (χ4n) is 0.839. The molecule has 0 fully saturated rings. The van der Waals surface area contributed by atoms with Gasteiger partial charge in [-0.3, -0.25) is 0 Å². The summed E-state index contributed by atoms with van der Waals surface area (Å²) < 4.78 is 22.0. The highest BCUT2D eigenvalue weighted by Crippen LogP contribution is 2.21. The number of sulfonamides is 1. The smallest absolute Gasteiger partial charge is 0.224 e. The Morgan fingerprint density at radius 1 is 1.50 bits per heavy atom. The predicted octanol–water partition coefficient (Wildman–Crippen LogP) is 2.04. The van der Waals surface area contributed by atoms with Crippen LogP contribution in [0.5, 0.6) is 0 Å². The van der Waals surface area contributed by atoms with Crippen molar-refractivity contribution in [3.8, 4) is 0 Å². The van der Waals surface area contributed by atoms with E-state index in [1.165, 1.54) is 6.07 Å². The van der Waals surface area contributed by atoms with Crippen molar-refractivity contribution in [2.75, 3.05) is 5.88 Å². The van der Waals surface area contributed by atoms with Gasteiger partial charge in [-0.2, -0.15) is 0 Å². The Hall–Kier alpha value is -0.360. The van der Waals surface area contributed by atoms with Crippen LogP contribution in [0.15, 0.2) is 22.4 Å². The van der Waals surface area contributed by atoms with Gasteiger partial charge in [-0.1, -0.05) is 6.08 Å². The zero-order valence-corrected chi connectivity index (χ0v) is 9.70. The van der Waals surface area contributed by atoms with Gasteiger partial charge in [0.2, 0.25) is 10.0 Å². The molecular formula is C8H10ClNO2S2. The van der Waals surface area contributed by atoms with Crippen LogP contribution in [0.4, 0.5) is 0 Å². The van der Waals surface area contributed by atoms with Crippen molar-refractivity contribution >= 4 is 39.0 Å². The summed E-state index contributed by atoms with van der Waals surface area (Å²) in [6, 6.07) is 3.22. The number of halogens is 1. The molecule has 0 unspecified atom stereocenters. The van der Waals surface area contributed by atoms with Gasteiger partial charge in [0, 0.05) is 10.8 Å². The molecule has 0 saturated carbocycles. The lowest BCUT2D eigenvalue weighted by atomic mass is 10.4. The fraction of sp³-hybridized carbons (Fsp3) is 0.250. The van der Waals surface area contributed by atoms with Gasteiger partial charge in [0.25, 0.3) is 0 Å². The standard InChI is InChI=1S/C8H10ClNO2S2/c9-6-2-1-3-7-4-5-8(13-7)14(10,11)12/h1,3-5H,2,6H2,(H2,10,11,12). The molecule has 0 aliphatic heterocycles. The molecule has 0 aliphatic rings. The largest absolute Gasteiger partial charge is 0.247 e. The van der Waals surface area contributed by atoms with Crippen LogP contribution in [0.3, 0.4) is 0 Å². The number of alkyl halides is 1. The van der Waals surface area contributed by atoms with Gasteiger partial charge in [-0.15, -0.1) is 22.9 Å². The second kappa shape index (κ2) is 4.93. The molecule has 1 rings (SSSR count). The molecule has 0 spiro atoms. The van der Waals surface area contributed by atoms with Gasteiger partial charge in [-0.05, 0) is 24.6 Å². The molecule has 14 heavy (non-hydrogen) atoms. The fourth-order valence-corrected chi connectivity index (χ4v) is 2.65. The molecule has 1 aromatic rings. The van der Waals surface area contributed by atoms with E-state index in [1.807, 2.05) is 12.2 Å². The lowest BCUT2D eigenvalue weighted by Gasteiger charge is -1.88. The monoisotopic (exact) mass is 251 g/mol. The maximum absolute atomic E-state index is 10.9. The molecule has 78 valence electrons. The predicted molar refractivity (Wildman–Crippen MR) is 60.1 cm³/mol. The average molecular weight is 252 g/mol. The maximum Gasteiger partial charge on any atom is 0.247 e. The van der Waals surface area contributed by atoms with Crippen molar-refractivity contribution < 1.29 is 8.42 Å². The summed E-state index contributed by atoms with van der Waals surface area (Å²) in [5.74, 6) is 0.559. The van der Waals surface area contributed by atoms with Crippen LogP contribution in [0.1, 0.15) is 11.3 Å². The second-order valence-electron chi connectivity index (χ2n) is 2.58. The third kappa shape index (κ3) is 3.42. The molecule has 3 nitrogen and oxygen atoms in total. The number of nitrogens with two attached hydrogens (primary N) is 1. The van der Waals surface area contributed by atoms with Crippen LogP contribution in [0.2, 0.25) is 0 Å². The van der Waals surface area contributed by atoms with E-state index in [4.69, 9.17) is 16.7 Å². The summed E-state index contributed by atoms with van der Waals surface area (Å²) in [7, 11) is -3.55. The number of primary sulfonamides is 1. The van der Waals surface area contributed by atoms with E-state index in [9.17, 15) is 8.42 Å². The van der Waals surface area contributed by atoms with E-state index in [-0.39, 0.29) is 4.21 Å². The highest BCUT2D eigenvalue weighted by Gasteiger charge is 2.09. The Kier molecular flexibility index (Phi) is 4.12. The molecule has 0 aromatic carbocycles. The third-order valence-electron chi connectivity index (χ3n) is 1.44. The Labute approximate surface area is 92.2 Å². The minimum atomic E-state index is -3.55. The Morgan fingerprint density at radius 2 is 2.21 bits per heavy atom. The number of thiophene rings is 1. The van der Waals surface area contributed by atoms with E-state index < -0.39 is 10.0 Å². The van der Waals surface area contributed by atoms with Crippen LogP contribution in [-0.2, 0) is 10.0 Å². The summed E-state index contributed by atoms with van der Waals surface area (Å²) >= 11 is 6.63. The summed E-state index contributed by atoms with van der Waals surface area (Å²) in [5, 5.41) is 4.96. The van der Waals surface area contributed by atoms with Crippen molar-refractivity contribution in [1.82, 2.24) is 0 Å². The lowest BCUT2D eigenvalue weighted by molar-refractivity contribution is 0.600. The van der Waals surface area contributed by atoms with Crippen LogP contribution in [0.25, 0.3) is 6.08 Å². The van der Waals surface area contributed by atoms with E-state index in [0.717, 1.165) is 22.6 Å². The average Bonchev–Trinajstić information content (AvgIpc) is 2.52. The third-order valence-corrected chi connectivity index (χ3v) is 4.15. The zero-order valence-electron chi connectivity index (χ0n) is 7.31. The first kappa shape index (κ1) is 11.7. The molecule has 0 aliphatic carbocycles. The van der Waals surface area contributed by atoms with Gasteiger partial charge >= 0.3 is 0 Å². The van der Waals surface area contributed by atoms with Gasteiger partial charge < -0.3 is 0 Å². The quantitative estimate of drug-likeness (QED) is 0.833. The number of rotatable bonds is 4. The molecule has 0 bridgehead atoms. The van der Waals surface area contributed by atoms with Crippen LogP contribution in [-0.4, -0.2) is 14.3 Å². The van der Waals surface area contributed by atoms with E-state index in [2.05, 4.69) is 0 Å². The van der Waals surface area contributed by atoms with Crippen LogP contribution < -0.4 is 5.14 Å². The van der Waals surface area contributed by atoms with Crippen LogP contribution >= 0.6 is 22.9 Å². The molecule has 6 heteroatoms. The highest BCUT2D eigenvalue weighted by atomic mass is 35.5.